The van der Waals surface area contributed by atoms with Gasteiger partial charge in [0.1, 0.15) is 0 Å². The molecule has 20 heavy (non-hydrogen) atoms. The molecule has 1 heterocycles. The molecular weight excluding hydrogens is 248 g/mol. The Labute approximate surface area is 123 Å². The van der Waals surface area contributed by atoms with E-state index < -0.39 is 0 Å². The summed E-state index contributed by atoms with van der Waals surface area (Å²) in [5.74, 6) is 0.584. The Morgan fingerprint density at radius 3 is 2.25 bits per heavy atom. The highest BCUT2D eigenvalue weighted by Gasteiger charge is 2.22. The molecule has 1 aliphatic heterocycles. The molecule has 2 nitrogen and oxygen atoms in total. The fraction of sp³-hybridized carbons (Fsp3) is 0.667. The van der Waals surface area contributed by atoms with Crippen LogP contribution in [0.15, 0.2) is 30.3 Å². The molecule has 0 spiro atoms. The van der Waals surface area contributed by atoms with Gasteiger partial charge < -0.3 is 9.47 Å². The lowest BCUT2D eigenvalue weighted by Gasteiger charge is -2.29. The summed E-state index contributed by atoms with van der Waals surface area (Å²) in [5, 5.41) is 0. The number of rotatable bonds is 8. The van der Waals surface area contributed by atoms with E-state index in [0.29, 0.717) is 5.92 Å². The van der Waals surface area contributed by atoms with Crippen molar-refractivity contribution in [2.24, 2.45) is 5.92 Å². The van der Waals surface area contributed by atoms with Crippen LogP contribution in [0.25, 0.3) is 0 Å². The zero-order chi connectivity index (χ0) is 14.0. The number of unbranched alkanes of at least 4 members (excludes halogenated alkanes) is 5. The third-order valence-corrected chi connectivity index (χ3v) is 4.00. The van der Waals surface area contributed by atoms with E-state index in [4.69, 9.17) is 9.47 Å². The van der Waals surface area contributed by atoms with Crippen LogP contribution in [-0.2, 0) is 9.47 Å². The number of hydrogen-bond donors (Lipinski definition) is 0. The van der Waals surface area contributed by atoms with Gasteiger partial charge in [-0.05, 0) is 6.42 Å². The maximum atomic E-state index is 5.85. The molecule has 0 saturated carbocycles. The second-order valence-electron chi connectivity index (χ2n) is 5.83. The number of benzene rings is 1. The number of hydrogen-bond acceptors (Lipinski definition) is 2. The van der Waals surface area contributed by atoms with Crippen molar-refractivity contribution in [3.05, 3.63) is 35.9 Å². The van der Waals surface area contributed by atoms with Gasteiger partial charge in [0.05, 0.1) is 13.2 Å². The van der Waals surface area contributed by atoms with Crippen LogP contribution in [0.1, 0.15) is 63.7 Å². The van der Waals surface area contributed by atoms with Crippen molar-refractivity contribution in [2.75, 3.05) is 13.2 Å². The van der Waals surface area contributed by atoms with Crippen LogP contribution in [0.5, 0.6) is 0 Å². The highest BCUT2D eigenvalue weighted by Crippen LogP contribution is 2.27. The zero-order valence-corrected chi connectivity index (χ0v) is 12.7. The molecule has 1 aliphatic rings. The van der Waals surface area contributed by atoms with Gasteiger partial charge in [-0.15, -0.1) is 0 Å². The highest BCUT2D eigenvalue weighted by atomic mass is 16.7. The first-order chi connectivity index (χ1) is 9.90. The van der Waals surface area contributed by atoms with E-state index in [1.165, 1.54) is 44.9 Å². The molecule has 1 aromatic rings. The average molecular weight is 276 g/mol. The molecule has 1 aromatic carbocycles. The molecule has 0 N–H and O–H groups in total. The van der Waals surface area contributed by atoms with Gasteiger partial charge in [-0.2, -0.15) is 0 Å². The van der Waals surface area contributed by atoms with Crippen molar-refractivity contribution in [3.63, 3.8) is 0 Å². The predicted octanol–water partition coefficient (Wildman–Crippen LogP) is 5.10. The first-order valence-corrected chi connectivity index (χ1v) is 8.18. The van der Waals surface area contributed by atoms with Gasteiger partial charge in [-0.1, -0.05) is 75.8 Å². The Kier molecular flexibility index (Phi) is 7.10. The largest absolute Gasteiger partial charge is 0.348 e. The molecule has 0 atom stereocenters. The first kappa shape index (κ1) is 15.5. The van der Waals surface area contributed by atoms with Crippen LogP contribution in [0, 0.1) is 5.92 Å². The van der Waals surface area contributed by atoms with Gasteiger partial charge in [-0.25, -0.2) is 0 Å². The highest BCUT2D eigenvalue weighted by molar-refractivity contribution is 5.16. The second-order valence-corrected chi connectivity index (χ2v) is 5.83. The average Bonchev–Trinajstić information content (AvgIpc) is 2.52. The van der Waals surface area contributed by atoms with Crippen molar-refractivity contribution in [1.82, 2.24) is 0 Å². The summed E-state index contributed by atoms with van der Waals surface area (Å²) in [6, 6.07) is 10.2. The van der Waals surface area contributed by atoms with E-state index in [9.17, 15) is 0 Å². The molecule has 1 saturated heterocycles. The summed E-state index contributed by atoms with van der Waals surface area (Å²) in [7, 11) is 0. The van der Waals surface area contributed by atoms with Crippen LogP contribution in [0.4, 0.5) is 0 Å². The monoisotopic (exact) mass is 276 g/mol. The number of ether oxygens (including phenoxy) is 2. The van der Waals surface area contributed by atoms with Crippen LogP contribution < -0.4 is 0 Å². The Hall–Kier alpha value is -0.860. The molecule has 2 heteroatoms. The van der Waals surface area contributed by atoms with Gasteiger partial charge in [0.2, 0.25) is 0 Å². The van der Waals surface area contributed by atoms with Crippen LogP contribution in [0.2, 0.25) is 0 Å². The topological polar surface area (TPSA) is 18.5 Å². The minimum Gasteiger partial charge on any atom is -0.348 e. The van der Waals surface area contributed by atoms with Crippen LogP contribution >= 0.6 is 0 Å². The van der Waals surface area contributed by atoms with Crippen molar-refractivity contribution >= 4 is 0 Å². The Morgan fingerprint density at radius 2 is 1.55 bits per heavy atom. The van der Waals surface area contributed by atoms with Gasteiger partial charge in [0, 0.05) is 11.5 Å². The fourth-order valence-electron chi connectivity index (χ4n) is 2.73. The lowest BCUT2D eigenvalue weighted by atomic mass is 10.0. The molecule has 0 amide bonds. The van der Waals surface area contributed by atoms with E-state index in [2.05, 4.69) is 19.1 Å². The molecule has 0 aliphatic carbocycles. The molecule has 0 radical (unpaired) electrons. The third-order valence-electron chi connectivity index (χ3n) is 4.00. The van der Waals surface area contributed by atoms with E-state index in [-0.39, 0.29) is 6.29 Å². The molecule has 2 rings (SSSR count). The third kappa shape index (κ3) is 5.26. The summed E-state index contributed by atoms with van der Waals surface area (Å²) in [6.07, 6.45) is 9.25. The van der Waals surface area contributed by atoms with Crippen molar-refractivity contribution in [1.29, 1.82) is 0 Å². The summed E-state index contributed by atoms with van der Waals surface area (Å²) >= 11 is 0. The maximum absolute atomic E-state index is 5.85. The van der Waals surface area contributed by atoms with Gasteiger partial charge in [0.15, 0.2) is 6.29 Å². The lowest BCUT2D eigenvalue weighted by Crippen LogP contribution is -2.27. The van der Waals surface area contributed by atoms with Crippen molar-refractivity contribution < 1.29 is 9.47 Å². The normalized spacial score (nSPS) is 22.9. The molecule has 112 valence electrons. The van der Waals surface area contributed by atoms with E-state index in [1.54, 1.807) is 0 Å². The van der Waals surface area contributed by atoms with Crippen LogP contribution in [-0.4, -0.2) is 13.2 Å². The van der Waals surface area contributed by atoms with Crippen LogP contribution in [0.3, 0.4) is 0 Å². The van der Waals surface area contributed by atoms with Crippen molar-refractivity contribution in [2.45, 2.75) is 58.2 Å². The second kappa shape index (κ2) is 9.15. The summed E-state index contributed by atoms with van der Waals surface area (Å²) in [4.78, 5) is 0. The van der Waals surface area contributed by atoms with Crippen molar-refractivity contribution in [3.8, 4) is 0 Å². The maximum Gasteiger partial charge on any atom is 0.183 e. The fourth-order valence-corrected chi connectivity index (χ4v) is 2.73. The van der Waals surface area contributed by atoms with Gasteiger partial charge in [0.25, 0.3) is 0 Å². The summed E-state index contributed by atoms with van der Waals surface area (Å²) in [6.45, 7) is 3.95. The molecule has 0 aromatic heterocycles. The first-order valence-electron chi connectivity index (χ1n) is 8.18. The molecule has 1 fully saturated rings. The molecule has 0 unspecified atom stereocenters. The SMILES string of the molecule is CCCCCCCCC1COC(c2ccccc2)OC1. The smallest absolute Gasteiger partial charge is 0.183 e. The summed E-state index contributed by atoms with van der Waals surface area (Å²) < 4.78 is 11.7. The Bertz CT molecular complexity index is 342. The van der Waals surface area contributed by atoms with E-state index in [1.807, 2.05) is 18.2 Å². The quantitative estimate of drug-likeness (QED) is 0.615. The van der Waals surface area contributed by atoms with Gasteiger partial charge >= 0.3 is 0 Å². The van der Waals surface area contributed by atoms with E-state index in [0.717, 1.165) is 18.8 Å². The Morgan fingerprint density at radius 1 is 0.900 bits per heavy atom. The predicted molar refractivity (Wildman–Crippen MR) is 82.6 cm³/mol. The molecular formula is C18H28O2. The van der Waals surface area contributed by atoms with E-state index >= 15 is 0 Å². The van der Waals surface area contributed by atoms with Gasteiger partial charge in [-0.3, -0.25) is 0 Å². The summed E-state index contributed by atoms with van der Waals surface area (Å²) in [5.41, 5.74) is 1.13. The lowest BCUT2D eigenvalue weighted by molar-refractivity contribution is -0.206. The zero-order valence-electron chi connectivity index (χ0n) is 12.7. The minimum absolute atomic E-state index is 0.156. The standard InChI is InChI=1S/C18H28O2/c1-2-3-4-5-6-8-11-16-14-19-18(20-15-16)17-12-9-7-10-13-17/h7,9-10,12-13,16,18H,2-6,8,11,14-15H2,1H3. The minimum atomic E-state index is -0.156. The molecule has 0 bridgehead atoms. The Balaban J connectivity index is 1.58.